The van der Waals surface area contributed by atoms with Crippen LogP contribution in [-0.2, 0) is 25.5 Å². The maximum absolute atomic E-state index is 12.8. The molecule has 1 aromatic carbocycles. The zero-order valence-corrected chi connectivity index (χ0v) is 16.5. The van der Waals surface area contributed by atoms with E-state index in [9.17, 15) is 14.4 Å². The first-order valence-corrected chi connectivity index (χ1v) is 9.42. The Hall–Kier alpha value is -2.37. The third kappa shape index (κ3) is 5.55. The molecule has 0 N–H and O–H groups in total. The van der Waals surface area contributed by atoms with E-state index in [1.165, 1.54) is 4.90 Å². The van der Waals surface area contributed by atoms with Gasteiger partial charge in [-0.25, -0.2) is 9.59 Å². The van der Waals surface area contributed by atoms with E-state index in [0.717, 1.165) is 11.8 Å². The minimum atomic E-state index is -0.738. The molecule has 1 heterocycles. The van der Waals surface area contributed by atoms with Crippen molar-refractivity contribution < 1.29 is 23.9 Å². The van der Waals surface area contributed by atoms with Crippen molar-refractivity contribution in [2.75, 3.05) is 6.61 Å². The average Bonchev–Trinajstić information content (AvgIpc) is 2.93. The van der Waals surface area contributed by atoms with Gasteiger partial charge in [-0.2, -0.15) is 0 Å². The highest BCUT2D eigenvalue weighted by Crippen LogP contribution is 2.36. The fraction of sp³-hybridized carbons (Fsp3) is 0.571. The zero-order valence-electron chi connectivity index (χ0n) is 16.5. The quantitative estimate of drug-likeness (QED) is 0.563. The van der Waals surface area contributed by atoms with Gasteiger partial charge in [-0.05, 0) is 52.0 Å². The molecule has 6 nitrogen and oxygen atoms in total. The number of carbonyl (C=O) groups excluding carboxylic acids is 3. The molecular weight excluding hydrogens is 346 g/mol. The maximum Gasteiger partial charge on any atom is 0.411 e. The number of carbonyl (C=O) groups is 3. The van der Waals surface area contributed by atoms with E-state index < -0.39 is 29.7 Å². The molecule has 3 atom stereocenters. The van der Waals surface area contributed by atoms with Crippen molar-refractivity contribution in [1.82, 2.24) is 4.90 Å². The molecular formula is C21H29NO5. The van der Waals surface area contributed by atoms with Gasteiger partial charge in [0.2, 0.25) is 0 Å². The number of rotatable bonds is 6. The number of hydrogen-bond acceptors (Lipinski definition) is 5. The first-order chi connectivity index (χ1) is 12.8. The van der Waals surface area contributed by atoms with Gasteiger partial charge < -0.3 is 14.3 Å². The Balaban J connectivity index is 2.31. The van der Waals surface area contributed by atoms with Crippen molar-refractivity contribution in [3.8, 4) is 0 Å². The fourth-order valence-electron chi connectivity index (χ4n) is 3.58. The van der Waals surface area contributed by atoms with E-state index in [1.807, 2.05) is 30.3 Å². The number of amides is 1. The minimum Gasteiger partial charge on any atom is -0.464 e. The van der Waals surface area contributed by atoms with Crippen molar-refractivity contribution in [1.29, 1.82) is 0 Å². The summed E-state index contributed by atoms with van der Waals surface area (Å²) < 4.78 is 10.7. The van der Waals surface area contributed by atoms with Gasteiger partial charge in [0.05, 0.1) is 6.61 Å². The average molecular weight is 375 g/mol. The van der Waals surface area contributed by atoms with E-state index in [1.54, 1.807) is 27.7 Å². The van der Waals surface area contributed by atoms with E-state index in [0.29, 0.717) is 12.8 Å². The van der Waals surface area contributed by atoms with Crippen LogP contribution >= 0.6 is 0 Å². The second-order valence-electron chi connectivity index (χ2n) is 7.81. The summed E-state index contributed by atoms with van der Waals surface area (Å²) in [6.07, 6.45) is 1.50. The maximum atomic E-state index is 12.8. The van der Waals surface area contributed by atoms with Gasteiger partial charge in [0, 0.05) is 12.5 Å². The van der Waals surface area contributed by atoms with Crippen LogP contribution < -0.4 is 0 Å². The van der Waals surface area contributed by atoms with Crippen LogP contribution in [0.1, 0.15) is 46.1 Å². The summed E-state index contributed by atoms with van der Waals surface area (Å²) in [6, 6.07) is 8.72. The third-order valence-electron chi connectivity index (χ3n) is 4.60. The number of nitrogens with zero attached hydrogens (tertiary/aromatic N) is 1. The van der Waals surface area contributed by atoms with E-state index in [2.05, 4.69) is 0 Å². The van der Waals surface area contributed by atoms with Gasteiger partial charge >= 0.3 is 12.1 Å². The number of benzene rings is 1. The number of hydrogen-bond donors (Lipinski definition) is 0. The lowest BCUT2D eigenvalue weighted by Gasteiger charge is -2.32. The summed E-state index contributed by atoms with van der Waals surface area (Å²) in [5, 5.41) is 0. The van der Waals surface area contributed by atoms with Crippen LogP contribution in [0, 0.1) is 5.92 Å². The molecule has 0 saturated carbocycles. The summed E-state index contributed by atoms with van der Waals surface area (Å²) in [6.45, 7) is 7.29. The number of ether oxygens (including phenoxy) is 2. The second-order valence-corrected chi connectivity index (χ2v) is 7.81. The molecule has 1 aliphatic rings. The minimum absolute atomic E-state index is 0.0282. The molecule has 0 aliphatic carbocycles. The molecule has 27 heavy (non-hydrogen) atoms. The van der Waals surface area contributed by atoms with E-state index >= 15 is 0 Å². The normalized spacial score (nSPS) is 22.4. The Morgan fingerprint density at radius 2 is 1.89 bits per heavy atom. The van der Waals surface area contributed by atoms with Crippen LogP contribution in [0.4, 0.5) is 4.79 Å². The number of esters is 1. The summed E-state index contributed by atoms with van der Waals surface area (Å²) in [5.41, 5.74) is 0.409. The molecule has 1 fully saturated rings. The van der Waals surface area contributed by atoms with Crippen LogP contribution in [0.2, 0.25) is 0 Å². The molecule has 0 radical (unpaired) electrons. The Morgan fingerprint density at radius 1 is 1.22 bits per heavy atom. The molecule has 0 bridgehead atoms. The van der Waals surface area contributed by atoms with Crippen molar-refractivity contribution in [2.24, 2.45) is 5.92 Å². The lowest BCUT2D eigenvalue weighted by atomic mass is 9.90. The summed E-state index contributed by atoms with van der Waals surface area (Å²) in [7, 11) is 0. The Labute approximate surface area is 160 Å². The summed E-state index contributed by atoms with van der Waals surface area (Å²) >= 11 is 0. The van der Waals surface area contributed by atoms with E-state index in [4.69, 9.17) is 9.47 Å². The van der Waals surface area contributed by atoms with Crippen LogP contribution in [0.3, 0.4) is 0 Å². The van der Waals surface area contributed by atoms with Crippen molar-refractivity contribution in [3.05, 3.63) is 35.9 Å². The Bertz CT molecular complexity index is 652. The Kier molecular flexibility index (Phi) is 6.99. The van der Waals surface area contributed by atoms with Gasteiger partial charge in [0.1, 0.15) is 17.9 Å². The third-order valence-corrected chi connectivity index (χ3v) is 4.60. The van der Waals surface area contributed by atoms with Crippen LogP contribution in [0.5, 0.6) is 0 Å². The van der Waals surface area contributed by atoms with Gasteiger partial charge in [-0.3, -0.25) is 4.90 Å². The highest BCUT2D eigenvalue weighted by Gasteiger charge is 2.48. The molecule has 1 amide bonds. The van der Waals surface area contributed by atoms with Gasteiger partial charge in [-0.15, -0.1) is 0 Å². The molecule has 1 aliphatic heterocycles. The first kappa shape index (κ1) is 20.9. The van der Waals surface area contributed by atoms with Gasteiger partial charge in [0.15, 0.2) is 0 Å². The van der Waals surface area contributed by atoms with Crippen LogP contribution in [-0.4, -0.2) is 47.5 Å². The van der Waals surface area contributed by atoms with Gasteiger partial charge in [0.25, 0.3) is 0 Å². The molecule has 6 heteroatoms. The van der Waals surface area contributed by atoms with Crippen LogP contribution in [0.25, 0.3) is 0 Å². The predicted octanol–water partition coefficient (Wildman–Crippen LogP) is 3.38. The molecule has 0 unspecified atom stereocenters. The smallest absolute Gasteiger partial charge is 0.411 e. The fourth-order valence-corrected chi connectivity index (χ4v) is 3.58. The highest BCUT2D eigenvalue weighted by molar-refractivity contribution is 5.83. The second kappa shape index (κ2) is 9.02. The largest absolute Gasteiger partial charge is 0.464 e. The lowest BCUT2D eigenvalue weighted by molar-refractivity contribution is -0.148. The lowest BCUT2D eigenvalue weighted by Crippen LogP contribution is -2.48. The first-order valence-electron chi connectivity index (χ1n) is 9.42. The summed E-state index contributed by atoms with van der Waals surface area (Å²) in [5.74, 6) is -0.477. The molecule has 148 valence electrons. The monoisotopic (exact) mass is 375 g/mol. The van der Waals surface area contributed by atoms with Crippen molar-refractivity contribution >= 4 is 18.3 Å². The predicted molar refractivity (Wildman–Crippen MR) is 101 cm³/mol. The zero-order chi connectivity index (χ0) is 20.0. The van der Waals surface area contributed by atoms with Crippen LogP contribution in [0.15, 0.2) is 30.3 Å². The Morgan fingerprint density at radius 3 is 2.44 bits per heavy atom. The SMILES string of the molecule is CCOC(=O)[C@@H]1C[C@@H](Cc2ccccc2)[C@H](CC=O)N1C(=O)OC(C)(C)C. The van der Waals surface area contributed by atoms with Crippen molar-refractivity contribution in [3.63, 3.8) is 0 Å². The molecule has 0 spiro atoms. The van der Waals surface area contributed by atoms with Crippen molar-refractivity contribution in [2.45, 2.75) is 64.6 Å². The summed E-state index contributed by atoms with van der Waals surface area (Å²) in [4.78, 5) is 38.1. The highest BCUT2D eigenvalue weighted by atomic mass is 16.6. The number of aldehydes is 1. The van der Waals surface area contributed by atoms with Gasteiger partial charge in [-0.1, -0.05) is 30.3 Å². The molecule has 1 saturated heterocycles. The topological polar surface area (TPSA) is 72.9 Å². The standard InChI is InChI=1S/C21H29NO5/c1-5-26-19(24)18-14-16(13-15-9-7-6-8-10-15)17(11-12-23)22(18)20(25)27-21(2,3)4/h6-10,12,16-18H,5,11,13-14H2,1-4H3/t16-,17+,18+/m1/s1. The molecule has 1 aromatic rings. The molecule has 0 aromatic heterocycles. The van der Waals surface area contributed by atoms with E-state index in [-0.39, 0.29) is 18.9 Å². The number of likely N-dealkylation sites (tertiary alicyclic amines) is 1. The molecule has 2 rings (SSSR count).